The summed E-state index contributed by atoms with van der Waals surface area (Å²) in [6.45, 7) is 0.634. The first-order valence-corrected chi connectivity index (χ1v) is 10.6. The molecular weight excluding hydrogens is 484 g/mol. The van der Waals surface area contributed by atoms with Gasteiger partial charge in [-0.1, -0.05) is 29.8 Å². The Morgan fingerprint density at radius 2 is 1.84 bits per heavy atom. The number of hydrogen-bond donors (Lipinski definition) is 1. The van der Waals surface area contributed by atoms with Crippen molar-refractivity contribution in [3.63, 3.8) is 0 Å². The summed E-state index contributed by atoms with van der Waals surface area (Å²) in [5.74, 6) is 1.82. The van der Waals surface area contributed by atoms with Crippen LogP contribution in [0, 0.1) is 0 Å². The fourth-order valence-electron chi connectivity index (χ4n) is 2.91. The van der Waals surface area contributed by atoms with E-state index in [0.717, 1.165) is 21.2 Å². The number of amides is 1. The van der Waals surface area contributed by atoms with Gasteiger partial charge in [-0.3, -0.25) is 4.79 Å². The molecule has 0 atom stereocenters. The Hall–Kier alpha value is -3.03. The molecule has 3 aromatic rings. The van der Waals surface area contributed by atoms with Crippen LogP contribution in [0.4, 0.5) is 0 Å². The number of carbonyl (C=O) groups is 1. The third kappa shape index (κ3) is 5.77. The molecule has 0 saturated carbocycles. The molecular formula is C23H18BrClN2O4. The highest BCUT2D eigenvalue weighted by Crippen LogP contribution is 2.32. The molecule has 0 saturated heterocycles. The second-order valence-electron chi connectivity index (χ2n) is 6.76. The number of halogens is 2. The Labute approximate surface area is 192 Å². The summed E-state index contributed by atoms with van der Waals surface area (Å²) in [5.41, 5.74) is 5.19. The maximum atomic E-state index is 12.1. The molecule has 4 rings (SSSR count). The maximum Gasteiger partial charge on any atom is 0.244 e. The second-order valence-corrected chi connectivity index (χ2v) is 8.05. The number of benzene rings is 3. The van der Waals surface area contributed by atoms with E-state index in [1.807, 2.05) is 48.5 Å². The van der Waals surface area contributed by atoms with E-state index in [-0.39, 0.29) is 19.1 Å². The first-order chi connectivity index (χ1) is 15.1. The monoisotopic (exact) mass is 500 g/mol. The molecule has 6 nitrogen and oxygen atoms in total. The fourth-order valence-corrected chi connectivity index (χ4v) is 3.55. The average molecular weight is 502 g/mol. The van der Waals surface area contributed by atoms with Gasteiger partial charge in [0.05, 0.1) is 17.1 Å². The Kier molecular flexibility index (Phi) is 6.74. The van der Waals surface area contributed by atoms with Gasteiger partial charge in [0, 0.05) is 5.02 Å². The zero-order valence-corrected chi connectivity index (χ0v) is 18.7. The van der Waals surface area contributed by atoms with Gasteiger partial charge in [-0.2, -0.15) is 5.10 Å². The molecule has 8 heteroatoms. The number of fused-ring (bicyclic) bond motifs is 1. The van der Waals surface area contributed by atoms with E-state index in [0.29, 0.717) is 28.9 Å². The van der Waals surface area contributed by atoms with E-state index in [2.05, 4.69) is 26.5 Å². The van der Waals surface area contributed by atoms with Crippen molar-refractivity contribution < 1.29 is 19.0 Å². The molecule has 1 aliphatic rings. The topological polar surface area (TPSA) is 69.2 Å². The number of rotatable bonds is 7. The van der Waals surface area contributed by atoms with Gasteiger partial charge < -0.3 is 14.2 Å². The van der Waals surface area contributed by atoms with Crippen molar-refractivity contribution in [2.75, 3.05) is 6.79 Å². The molecule has 0 spiro atoms. The smallest absolute Gasteiger partial charge is 0.244 e. The van der Waals surface area contributed by atoms with Crippen molar-refractivity contribution in [3.05, 3.63) is 86.8 Å². The Bertz CT molecular complexity index is 1120. The lowest BCUT2D eigenvalue weighted by Gasteiger charge is -2.09. The lowest BCUT2D eigenvalue weighted by atomic mass is 10.1. The minimum absolute atomic E-state index is 0.190. The number of carbonyl (C=O) groups excluding carboxylic acids is 1. The second kappa shape index (κ2) is 9.85. The predicted molar refractivity (Wildman–Crippen MR) is 122 cm³/mol. The average Bonchev–Trinajstić information content (AvgIpc) is 3.22. The Balaban J connectivity index is 1.29. The summed E-state index contributed by atoms with van der Waals surface area (Å²) < 4.78 is 17.2. The van der Waals surface area contributed by atoms with Gasteiger partial charge in [-0.05, 0) is 75.1 Å². The van der Waals surface area contributed by atoms with Gasteiger partial charge in [-0.15, -0.1) is 0 Å². The van der Waals surface area contributed by atoms with E-state index in [1.165, 1.54) is 0 Å². The highest BCUT2D eigenvalue weighted by atomic mass is 79.9. The van der Waals surface area contributed by atoms with E-state index < -0.39 is 0 Å². The van der Waals surface area contributed by atoms with Crippen LogP contribution in [0.5, 0.6) is 17.2 Å². The van der Waals surface area contributed by atoms with E-state index in [1.54, 1.807) is 18.3 Å². The summed E-state index contributed by atoms with van der Waals surface area (Å²) in [7, 11) is 0. The van der Waals surface area contributed by atoms with Crippen LogP contribution in [0.3, 0.4) is 0 Å². The van der Waals surface area contributed by atoms with Gasteiger partial charge in [-0.25, -0.2) is 5.43 Å². The van der Waals surface area contributed by atoms with E-state index in [9.17, 15) is 4.79 Å². The van der Waals surface area contributed by atoms with Crippen LogP contribution in [0.25, 0.3) is 0 Å². The van der Waals surface area contributed by atoms with Gasteiger partial charge in [0.15, 0.2) is 11.5 Å². The third-order valence-electron chi connectivity index (χ3n) is 4.47. The molecule has 158 valence electrons. The normalized spacial score (nSPS) is 12.2. The summed E-state index contributed by atoms with van der Waals surface area (Å²) in [5, 5.41) is 4.72. The van der Waals surface area contributed by atoms with Crippen molar-refractivity contribution in [2.45, 2.75) is 13.0 Å². The number of nitrogens with one attached hydrogen (secondary N) is 1. The van der Waals surface area contributed by atoms with E-state index in [4.69, 9.17) is 25.8 Å². The molecule has 1 heterocycles. The molecule has 3 aromatic carbocycles. The predicted octanol–water partition coefficient (Wildman–Crippen LogP) is 5.10. The first-order valence-electron chi connectivity index (χ1n) is 9.44. The molecule has 0 aliphatic carbocycles. The van der Waals surface area contributed by atoms with Crippen molar-refractivity contribution in [3.8, 4) is 17.2 Å². The SMILES string of the molecule is O=C(Cc1ccc2c(c1)OCO2)N/N=C/c1ccc(OCc2ccc(Cl)cc2)c(Br)c1. The lowest BCUT2D eigenvalue weighted by Crippen LogP contribution is -2.19. The standard InChI is InChI=1S/C23H18BrClN2O4/c24-19-9-17(4-7-20(19)29-13-15-1-5-18(25)6-2-15)12-26-27-23(28)11-16-3-8-21-22(10-16)31-14-30-21/h1-10,12H,11,13-14H2,(H,27,28)/b26-12+. The molecule has 1 amide bonds. The van der Waals surface area contributed by atoms with Crippen molar-refractivity contribution in [2.24, 2.45) is 5.10 Å². The van der Waals surface area contributed by atoms with Gasteiger partial charge >= 0.3 is 0 Å². The highest BCUT2D eigenvalue weighted by molar-refractivity contribution is 9.10. The minimum atomic E-state index is -0.225. The molecule has 1 aliphatic heterocycles. The van der Waals surface area contributed by atoms with Gasteiger partial charge in [0.1, 0.15) is 12.4 Å². The summed E-state index contributed by atoms with van der Waals surface area (Å²) in [6.07, 6.45) is 1.76. The van der Waals surface area contributed by atoms with Gasteiger partial charge in [0.25, 0.3) is 0 Å². The zero-order valence-electron chi connectivity index (χ0n) is 16.3. The number of ether oxygens (including phenoxy) is 3. The van der Waals surface area contributed by atoms with Crippen LogP contribution in [0.1, 0.15) is 16.7 Å². The largest absolute Gasteiger partial charge is 0.488 e. The van der Waals surface area contributed by atoms with E-state index >= 15 is 0 Å². The fraction of sp³-hybridized carbons (Fsp3) is 0.130. The molecule has 0 bridgehead atoms. The Morgan fingerprint density at radius 1 is 1.06 bits per heavy atom. The maximum absolute atomic E-state index is 12.1. The van der Waals surface area contributed by atoms with Gasteiger partial charge in [0.2, 0.25) is 12.7 Å². The number of hydrazone groups is 1. The summed E-state index contributed by atoms with van der Waals surface area (Å²) in [4.78, 5) is 12.1. The van der Waals surface area contributed by atoms with Crippen LogP contribution in [-0.4, -0.2) is 18.9 Å². The highest BCUT2D eigenvalue weighted by Gasteiger charge is 2.14. The molecule has 31 heavy (non-hydrogen) atoms. The molecule has 1 N–H and O–H groups in total. The molecule has 0 radical (unpaired) electrons. The quantitative estimate of drug-likeness (QED) is 0.361. The Morgan fingerprint density at radius 3 is 2.65 bits per heavy atom. The van der Waals surface area contributed by atoms with Crippen molar-refractivity contribution in [1.29, 1.82) is 0 Å². The van der Waals surface area contributed by atoms with Crippen LogP contribution in [0.2, 0.25) is 5.02 Å². The molecule has 0 unspecified atom stereocenters. The van der Waals surface area contributed by atoms with Crippen LogP contribution >= 0.6 is 27.5 Å². The van der Waals surface area contributed by atoms with Crippen molar-refractivity contribution in [1.82, 2.24) is 5.43 Å². The van der Waals surface area contributed by atoms with Crippen LogP contribution in [-0.2, 0) is 17.8 Å². The summed E-state index contributed by atoms with van der Waals surface area (Å²) in [6, 6.07) is 18.5. The summed E-state index contributed by atoms with van der Waals surface area (Å²) >= 11 is 9.40. The molecule has 0 fully saturated rings. The van der Waals surface area contributed by atoms with Crippen LogP contribution < -0.4 is 19.6 Å². The number of hydrogen-bond acceptors (Lipinski definition) is 5. The zero-order chi connectivity index (χ0) is 21.6. The lowest BCUT2D eigenvalue weighted by molar-refractivity contribution is -0.120. The van der Waals surface area contributed by atoms with Crippen LogP contribution in [0.15, 0.2) is 70.2 Å². The number of nitrogens with zero attached hydrogens (tertiary/aromatic N) is 1. The minimum Gasteiger partial charge on any atom is -0.488 e. The molecule has 0 aromatic heterocycles. The first kappa shape index (κ1) is 21.2. The van der Waals surface area contributed by atoms with Crippen molar-refractivity contribution >= 4 is 39.7 Å². The third-order valence-corrected chi connectivity index (χ3v) is 5.34.